The van der Waals surface area contributed by atoms with Crippen molar-refractivity contribution in [1.82, 2.24) is 5.32 Å². The SMILES string of the molecule is CCOC(=O)NC(=O)COc1ccccc1OCC. The van der Waals surface area contributed by atoms with Gasteiger partial charge >= 0.3 is 6.09 Å². The Hall–Kier alpha value is -2.24. The second-order valence-corrected chi connectivity index (χ2v) is 3.44. The van der Waals surface area contributed by atoms with Gasteiger partial charge in [0.15, 0.2) is 18.1 Å². The standard InChI is InChI=1S/C13H17NO5/c1-3-17-10-7-5-6-8-11(10)19-9-12(15)14-13(16)18-4-2/h5-8H,3-4,9H2,1-2H3,(H,14,15,16). The summed E-state index contributed by atoms with van der Waals surface area (Å²) in [6.07, 6.45) is -0.783. The number of hydrogen-bond acceptors (Lipinski definition) is 5. The Labute approximate surface area is 111 Å². The molecule has 0 bridgehead atoms. The zero-order valence-electron chi connectivity index (χ0n) is 11.0. The van der Waals surface area contributed by atoms with Gasteiger partial charge in [0.25, 0.3) is 5.91 Å². The normalized spacial score (nSPS) is 9.58. The molecule has 0 unspecified atom stereocenters. The Bertz CT molecular complexity index is 433. The van der Waals surface area contributed by atoms with Gasteiger partial charge in [-0.3, -0.25) is 10.1 Å². The lowest BCUT2D eigenvalue weighted by Gasteiger charge is -2.11. The van der Waals surface area contributed by atoms with Crippen LogP contribution in [-0.4, -0.2) is 31.8 Å². The largest absolute Gasteiger partial charge is 0.490 e. The van der Waals surface area contributed by atoms with Crippen molar-refractivity contribution in [2.45, 2.75) is 13.8 Å². The number of ether oxygens (including phenoxy) is 3. The molecule has 0 aliphatic rings. The van der Waals surface area contributed by atoms with E-state index in [0.29, 0.717) is 18.1 Å². The minimum Gasteiger partial charge on any atom is -0.490 e. The molecule has 1 rings (SSSR count). The first-order valence-corrected chi connectivity index (χ1v) is 5.98. The van der Waals surface area contributed by atoms with Gasteiger partial charge in [0.1, 0.15) is 0 Å². The van der Waals surface area contributed by atoms with Gasteiger partial charge in [-0.25, -0.2) is 4.79 Å². The maximum atomic E-state index is 11.4. The van der Waals surface area contributed by atoms with Crippen molar-refractivity contribution in [3.8, 4) is 11.5 Å². The molecule has 6 nitrogen and oxygen atoms in total. The van der Waals surface area contributed by atoms with Gasteiger partial charge in [-0.1, -0.05) is 12.1 Å². The van der Waals surface area contributed by atoms with E-state index in [1.54, 1.807) is 31.2 Å². The van der Waals surface area contributed by atoms with E-state index >= 15 is 0 Å². The highest BCUT2D eigenvalue weighted by Crippen LogP contribution is 2.26. The Morgan fingerprint density at radius 1 is 1.05 bits per heavy atom. The third kappa shape index (κ3) is 5.29. The van der Waals surface area contributed by atoms with Crippen LogP contribution in [0.2, 0.25) is 0 Å². The lowest BCUT2D eigenvalue weighted by molar-refractivity contribution is -0.122. The molecule has 0 aliphatic carbocycles. The third-order valence-corrected chi connectivity index (χ3v) is 2.02. The van der Waals surface area contributed by atoms with Crippen LogP contribution in [0.15, 0.2) is 24.3 Å². The number of carbonyl (C=O) groups is 2. The third-order valence-electron chi connectivity index (χ3n) is 2.02. The fourth-order valence-electron chi connectivity index (χ4n) is 1.30. The van der Waals surface area contributed by atoms with E-state index in [2.05, 4.69) is 4.74 Å². The lowest BCUT2D eigenvalue weighted by atomic mass is 10.3. The van der Waals surface area contributed by atoms with E-state index in [1.807, 2.05) is 12.2 Å². The first-order chi connectivity index (χ1) is 9.17. The van der Waals surface area contributed by atoms with Crippen molar-refractivity contribution < 1.29 is 23.8 Å². The van der Waals surface area contributed by atoms with Gasteiger partial charge in [-0.05, 0) is 26.0 Å². The van der Waals surface area contributed by atoms with Crippen LogP contribution >= 0.6 is 0 Å². The number of benzene rings is 1. The van der Waals surface area contributed by atoms with E-state index < -0.39 is 12.0 Å². The molecule has 0 fully saturated rings. The van der Waals surface area contributed by atoms with Crippen molar-refractivity contribution in [3.05, 3.63) is 24.3 Å². The Kier molecular flexibility index (Phi) is 6.21. The van der Waals surface area contributed by atoms with Gasteiger partial charge < -0.3 is 14.2 Å². The fraction of sp³-hybridized carbons (Fsp3) is 0.385. The molecule has 2 amide bonds. The average Bonchev–Trinajstić information content (AvgIpc) is 2.38. The molecule has 0 heterocycles. The second-order valence-electron chi connectivity index (χ2n) is 3.44. The number of alkyl carbamates (subject to hydrolysis) is 1. The molecule has 0 radical (unpaired) electrons. The summed E-state index contributed by atoms with van der Waals surface area (Å²) in [5, 5.41) is 2.04. The number of rotatable bonds is 6. The summed E-state index contributed by atoms with van der Waals surface area (Å²) in [6.45, 7) is 3.91. The van der Waals surface area contributed by atoms with E-state index in [1.165, 1.54) is 0 Å². The Morgan fingerprint density at radius 3 is 2.26 bits per heavy atom. The second kappa shape index (κ2) is 7.97. The Balaban J connectivity index is 2.48. The molecule has 1 N–H and O–H groups in total. The summed E-state index contributed by atoms with van der Waals surface area (Å²) in [4.78, 5) is 22.4. The molecule has 0 saturated carbocycles. The maximum absolute atomic E-state index is 11.4. The van der Waals surface area contributed by atoms with E-state index in [9.17, 15) is 9.59 Å². The van der Waals surface area contributed by atoms with Crippen molar-refractivity contribution in [3.63, 3.8) is 0 Å². The highest BCUT2D eigenvalue weighted by molar-refractivity contribution is 5.92. The zero-order chi connectivity index (χ0) is 14.1. The average molecular weight is 267 g/mol. The predicted molar refractivity (Wildman–Crippen MR) is 68.3 cm³/mol. The molecule has 0 aliphatic heterocycles. The number of carbonyl (C=O) groups excluding carboxylic acids is 2. The first kappa shape index (κ1) is 14.8. The maximum Gasteiger partial charge on any atom is 0.413 e. The summed E-state index contributed by atoms with van der Waals surface area (Å²) in [6, 6.07) is 6.99. The summed E-state index contributed by atoms with van der Waals surface area (Å²) >= 11 is 0. The quantitative estimate of drug-likeness (QED) is 0.849. The van der Waals surface area contributed by atoms with Crippen LogP contribution in [0, 0.1) is 0 Å². The minimum atomic E-state index is -0.783. The van der Waals surface area contributed by atoms with Gasteiger partial charge in [0, 0.05) is 0 Å². The smallest absolute Gasteiger partial charge is 0.413 e. The monoisotopic (exact) mass is 267 g/mol. The van der Waals surface area contributed by atoms with Crippen molar-refractivity contribution in [2.75, 3.05) is 19.8 Å². The molecule has 1 aromatic carbocycles. The molecule has 19 heavy (non-hydrogen) atoms. The number of nitrogens with one attached hydrogen (secondary N) is 1. The predicted octanol–water partition coefficient (Wildman–Crippen LogP) is 1.74. The number of amides is 2. The molecule has 0 spiro atoms. The van der Waals surface area contributed by atoms with E-state index in [-0.39, 0.29) is 13.2 Å². The fourth-order valence-corrected chi connectivity index (χ4v) is 1.30. The first-order valence-electron chi connectivity index (χ1n) is 5.98. The van der Waals surface area contributed by atoms with Crippen LogP contribution in [0.25, 0.3) is 0 Å². The van der Waals surface area contributed by atoms with Crippen LogP contribution in [-0.2, 0) is 9.53 Å². The van der Waals surface area contributed by atoms with Crippen LogP contribution < -0.4 is 14.8 Å². The number of para-hydroxylation sites is 2. The van der Waals surface area contributed by atoms with Crippen LogP contribution in [0.4, 0.5) is 4.79 Å². The highest BCUT2D eigenvalue weighted by atomic mass is 16.6. The molecular weight excluding hydrogens is 250 g/mol. The lowest BCUT2D eigenvalue weighted by Crippen LogP contribution is -2.34. The van der Waals surface area contributed by atoms with Crippen LogP contribution in [0.3, 0.4) is 0 Å². The van der Waals surface area contributed by atoms with Gasteiger partial charge in [0.2, 0.25) is 0 Å². The molecule has 0 atom stereocenters. The van der Waals surface area contributed by atoms with Crippen LogP contribution in [0.5, 0.6) is 11.5 Å². The summed E-state index contributed by atoms with van der Waals surface area (Å²) in [5.41, 5.74) is 0. The molecule has 1 aromatic rings. The van der Waals surface area contributed by atoms with Crippen molar-refractivity contribution in [1.29, 1.82) is 0 Å². The van der Waals surface area contributed by atoms with E-state index in [4.69, 9.17) is 9.47 Å². The zero-order valence-corrected chi connectivity index (χ0v) is 11.0. The van der Waals surface area contributed by atoms with Crippen LogP contribution in [0.1, 0.15) is 13.8 Å². The summed E-state index contributed by atoms with van der Waals surface area (Å²) < 4.78 is 15.2. The number of imide groups is 1. The molecule has 104 valence electrons. The topological polar surface area (TPSA) is 73.9 Å². The molecule has 0 saturated heterocycles. The van der Waals surface area contributed by atoms with E-state index in [0.717, 1.165) is 0 Å². The summed E-state index contributed by atoms with van der Waals surface area (Å²) in [5.74, 6) is 0.419. The van der Waals surface area contributed by atoms with Crippen molar-refractivity contribution in [2.24, 2.45) is 0 Å². The van der Waals surface area contributed by atoms with Gasteiger partial charge in [-0.15, -0.1) is 0 Å². The Morgan fingerprint density at radius 2 is 1.68 bits per heavy atom. The molecule has 6 heteroatoms. The molecule has 0 aromatic heterocycles. The van der Waals surface area contributed by atoms with Gasteiger partial charge in [0.05, 0.1) is 13.2 Å². The highest BCUT2D eigenvalue weighted by Gasteiger charge is 2.10. The summed E-state index contributed by atoms with van der Waals surface area (Å²) in [7, 11) is 0. The molecular formula is C13H17NO5. The number of hydrogen-bond donors (Lipinski definition) is 1. The van der Waals surface area contributed by atoms with Crippen molar-refractivity contribution >= 4 is 12.0 Å². The van der Waals surface area contributed by atoms with Gasteiger partial charge in [-0.2, -0.15) is 0 Å². The minimum absolute atomic E-state index is 0.202.